The topological polar surface area (TPSA) is 91.7 Å². The minimum absolute atomic E-state index is 0.0791. The van der Waals surface area contributed by atoms with E-state index in [4.69, 9.17) is 16.0 Å². The first-order chi connectivity index (χ1) is 19.7. The van der Waals surface area contributed by atoms with E-state index >= 15 is 0 Å². The van der Waals surface area contributed by atoms with Crippen molar-refractivity contribution in [2.45, 2.75) is 32.4 Å². The lowest BCUT2D eigenvalue weighted by atomic mass is 10.0. The Labute approximate surface area is 242 Å². The standard InChI is InChI=1S/C32H29ClFN3O4/c1-21(2)22-10-14-27(15-11-22)37(30(39)17-16-29(38)36-26-6-3-5-24(33)19-26)31(23-8-12-25(34)13-9-23)32(40)35-20-28-7-4-18-41-28/h3-19,21,31H,20H2,1-2H3,(H,35,40)(H,36,38)/b17-16-/t31-/m0/s1. The van der Waals surface area contributed by atoms with E-state index in [2.05, 4.69) is 10.6 Å². The highest BCUT2D eigenvalue weighted by molar-refractivity contribution is 6.31. The number of nitrogens with one attached hydrogen (secondary N) is 2. The van der Waals surface area contributed by atoms with E-state index in [0.717, 1.165) is 17.7 Å². The average Bonchev–Trinajstić information content (AvgIpc) is 3.48. The molecule has 1 aromatic heterocycles. The number of carbonyl (C=O) groups excluding carboxylic acids is 3. The summed E-state index contributed by atoms with van der Waals surface area (Å²) in [5.41, 5.74) is 2.29. The van der Waals surface area contributed by atoms with Gasteiger partial charge in [0.25, 0.3) is 5.91 Å². The maximum Gasteiger partial charge on any atom is 0.252 e. The molecule has 0 saturated carbocycles. The van der Waals surface area contributed by atoms with E-state index in [-0.39, 0.29) is 12.5 Å². The third-order valence-corrected chi connectivity index (χ3v) is 6.49. The molecule has 3 aromatic carbocycles. The third kappa shape index (κ3) is 7.93. The monoisotopic (exact) mass is 573 g/mol. The number of furan rings is 1. The maximum absolute atomic E-state index is 13.8. The third-order valence-electron chi connectivity index (χ3n) is 6.25. The van der Waals surface area contributed by atoms with Gasteiger partial charge in [-0.25, -0.2) is 4.39 Å². The van der Waals surface area contributed by atoms with Crippen LogP contribution in [0.3, 0.4) is 0 Å². The van der Waals surface area contributed by atoms with Gasteiger partial charge >= 0.3 is 0 Å². The zero-order chi connectivity index (χ0) is 29.4. The molecule has 9 heteroatoms. The molecule has 3 amide bonds. The molecular formula is C32H29ClFN3O4. The summed E-state index contributed by atoms with van der Waals surface area (Å²) in [6.45, 7) is 4.17. The van der Waals surface area contributed by atoms with Crippen LogP contribution in [0.1, 0.15) is 42.7 Å². The highest BCUT2D eigenvalue weighted by atomic mass is 35.5. The first-order valence-corrected chi connectivity index (χ1v) is 13.3. The average molecular weight is 574 g/mol. The number of hydrogen-bond acceptors (Lipinski definition) is 4. The van der Waals surface area contributed by atoms with E-state index in [1.165, 1.54) is 35.4 Å². The summed E-state index contributed by atoms with van der Waals surface area (Å²) in [4.78, 5) is 41.3. The second-order valence-electron chi connectivity index (χ2n) is 9.54. The van der Waals surface area contributed by atoms with Gasteiger partial charge in [-0.05, 0) is 71.6 Å². The summed E-state index contributed by atoms with van der Waals surface area (Å²) in [7, 11) is 0. The smallest absolute Gasteiger partial charge is 0.252 e. The Balaban J connectivity index is 1.69. The summed E-state index contributed by atoms with van der Waals surface area (Å²) >= 11 is 5.99. The normalized spacial score (nSPS) is 11.8. The predicted octanol–water partition coefficient (Wildman–Crippen LogP) is 6.78. The number of benzene rings is 3. The molecule has 0 saturated heterocycles. The predicted molar refractivity (Wildman–Crippen MR) is 157 cm³/mol. The van der Waals surface area contributed by atoms with Crippen molar-refractivity contribution in [2.75, 3.05) is 10.2 Å². The zero-order valence-electron chi connectivity index (χ0n) is 22.5. The van der Waals surface area contributed by atoms with Gasteiger partial charge in [-0.3, -0.25) is 19.3 Å². The molecule has 0 aliphatic heterocycles. The Morgan fingerprint density at radius 1 is 0.927 bits per heavy atom. The van der Waals surface area contributed by atoms with Crippen molar-refractivity contribution in [1.82, 2.24) is 5.32 Å². The number of nitrogens with zero attached hydrogens (tertiary/aromatic N) is 1. The fourth-order valence-electron chi connectivity index (χ4n) is 4.15. The Morgan fingerprint density at radius 2 is 1.63 bits per heavy atom. The summed E-state index contributed by atoms with van der Waals surface area (Å²) < 4.78 is 19.2. The van der Waals surface area contributed by atoms with Crippen molar-refractivity contribution in [2.24, 2.45) is 0 Å². The number of amides is 3. The number of hydrogen-bond donors (Lipinski definition) is 2. The van der Waals surface area contributed by atoms with Crippen LogP contribution in [-0.2, 0) is 20.9 Å². The van der Waals surface area contributed by atoms with Crippen molar-refractivity contribution >= 4 is 40.7 Å². The molecule has 0 bridgehead atoms. The molecular weight excluding hydrogens is 545 g/mol. The van der Waals surface area contributed by atoms with Crippen molar-refractivity contribution < 1.29 is 23.2 Å². The van der Waals surface area contributed by atoms with Gasteiger partial charge in [0.1, 0.15) is 17.6 Å². The number of carbonyl (C=O) groups is 3. The van der Waals surface area contributed by atoms with Gasteiger partial charge in [-0.1, -0.05) is 55.8 Å². The largest absolute Gasteiger partial charge is 0.467 e. The first kappa shape index (κ1) is 29.3. The van der Waals surface area contributed by atoms with Crippen LogP contribution >= 0.6 is 11.6 Å². The van der Waals surface area contributed by atoms with Gasteiger partial charge in [-0.15, -0.1) is 0 Å². The van der Waals surface area contributed by atoms with Crippen LogP contribution in [0.2, 0.25) is 5.02 Å². The van der Waals surface area contributed by atoms with Gasteiger partial charge in [0.15, 0.2) is 0 Å². The van der Waals surface area contributed by atoms with Crippen LogP contribution in [0.5, 0.6) is 0 Å². The highest BCUT2D eigenvalue weighted by Crippen LogP contribution is 2.30. The molecule has 1 atom stereocenters. The zero-order valence-corrected chi connectivity index (χ0v) is 23.3. The van der Waals surface area contributed by atoms with Crippen LogP contribution in [0.25, 0.3) is 0 Å². The van der Waals surface area contributed by atoms with Crippen molar-refractivity contribution in [3.63, 3.8) is 0 Å². The number of halogens is 2. The molecule has 210 valence electrons. The fraction of sp³-hybridized carbons (Fsp3) is 0.156. The number of rotatable bonds is 10. The Kier molecular flexibility index (Phi) is 9.71. The van der Waals surface area contributed by atoms with Crippen LogP contribution in [0.15, 0.2) is 108 Å². The van der Waals surface area contributed by atoms with Gasteiger partial charge in [-0.2, -0.15) is 0 Å². The molecule has 0 unspecified atom stereocenters. The Hall–Kier alpha value is -4.69. The second-order valence-corrected chi connectivity index (χ2v) is 9.98. The molecule has 1 heterocycles. The van der Waals surface area contributed by atoms with Crippen molar-refractivity contribution in [3.05, 3.63) is 131 Å². The minimum Gasteiger partial charge on any atom is -0.467 e. The van der Waals surface area contributed by atoms with Gasteiger partial charge < -0.3 is 15.1 Å². The lowest BCUT2D eigenvalue weighted by Gasteiger charge is -2.31. The van der Waals surface area contributed by atoms with Gasteiger partial charge in [0.05, 0.1) is 12.8 Å². The molecule has 41 heavy (non-hydrogen) atoms. The lowest BCUT2D eigenvalue weighted by Crippen LogP contribution is -2.43. The Morgan fingerprint density at radius 3 is 2.27 bits per heavy atom. The molecule has 0 fully saturated rings. The molecule has 4 rings (SSSR count). The second kappa shape index (κ2) is 13.6. The van der Waals surface area contributed by atoms with Crippen molar-refractivity contribution in [3.8, 4) is 0 Å². The van der Waals surface area contributed by atoms with Crippen LogP contribution in [-0.4, -0.2) is 17.7 Å². The maximum atomic E-state index is 13.8. The van der Waals surface area contributed by atoms with Gasteiger partial charge in [0.2, 0.25) is 11.8 Å². The van der Waals surface area contributed by atoms with Crippen LogP contribution < -0.4 is 15.5 Å². The van der Waals surface area contributed by atoms with Crippen LogP contribution in [0.4, 0.5) is 15.8 Å². The van der Waals surface area contributed by atoms with E-state index in [0.29, 0.717) is 27.7 Å². The quantitative estimate of drug-likeness (QED) is 0.205. The lowest BCUT2D eigenvalue weighted by molar-refractivity contribution is -0.125. The summed E-state index contributed by atoms with van der Waals surface area (Å²) in [6.07, 6.45) is 3.66. The van der Waals surface area contributed by atoms with E-state index < -0.39 is 29.6 Å². The van der Waals surface area contributed by atoms with Gasteiger partial charge in [0, 0.05) is 28.5 Å². The summed E-state index contributed by atoms with van der Waals surface area (Å²) in [6, 6.07) is 21.4. The molecule has 0 aliphatic rings. The molecule has 4 aromatic rings. The molecule has 7 nitrogen and oxygen atoms in total. The minimum atomic E-state index is -1.19. The van der Waals surface area contributed by atoms with E-state index in [1.54, 1.807) is 48.5 Å². The molecule has 2 N–H and O–H groups in total. The first-order valence-electron chi connectivity index (χ1n) is 12.9. The summed E-state index contributed by atoms with van der Waals surface area (Å²) in [5, 5.41) is 5.90. The molecule has 0 radical (unpaired) electrons. The number of anilines is 2. The SMILES string of the molecule is CC(C)c1ccc(N(C(=O)/C=C\C(=O)Nc2cccc(Cl)c2)[C@H](C(=O)NCc2ccco2)c2ccc(F)cc2)cc1. The Bertz CT molecular complexity index is 1520. The van der Waals surface area contributed by atoms with E-state index in [9.17, 15) is 18.8 Å². The molecule has 0 spiro atoms. The fourth-order valence-corrected chi connectivity index (χ4v) is 4.34. The summed E-state index contributed by atoms with van der Waals surface area (Å²) in [5.74, 6) is -1.44. The van der Waals surface area contributed by atoms with E-state index in [1.807, 2.05) is 26.0 Å². The van der Waals surface area contributed by atoms with Crippen LogP contribution in [0, 0.1) is 5.82 Å². The molecule has 0 aliphatic carbocycles. The highest BCUT2D eigenvalue weighted by Gasteiger charge is 2.32. The van der Waals surface area contributed by atoms with Crippen molar-refractivity contribution in [1.29, 1.82) is 0 Å².